The molecule has 0 aromatic heterocycles. The van der Waals surface area contributed by atoms with Crippen molar-refractivity contribution in [2.24, 2.45) is 0 Å². The average molecular weight is 339 g/mol. The summed E-state index contributed by atoms with van der Waals surface area (Å²) in [7, 11) is 0. The molecule has 2 aromatic rings. The Kier molecular flexibility index (Phi) is 5.43. The number of ether oxygens (including phenoxy) is 2. The van der Waals surface area contributed by atoms with Crippen LogP contribution in [-0.2, 0) is 31.3 Å². The molecule has 0 spiro atoms. The normalized spacial score (nSPS) is 12.3. The predicted molar refractivity (Wildman–Crippen MR) is 83.4 cm³/mol. The molecule has 0 aliphatic heterocycles. The monoisotopic (exact) mass is 339 g/mol. The van der Waals surface area contributed by atoms with Crippen LogP contribution >= 0.6 is 0 Å². The van der Waals surface area contributed by atoms with Gasteiger partial charge in [0, 0.05) is 17.7 Å². The number of nitriles is 1. The molecule has 0 aliphatic carbocycles. The lowest BCUT2D eigenvalue weighted by molar-refractivity contribution is -0.384. The number of hydrogen-bond donors (Lipinski definition) is 0. The van der Waals surface area contributed by atoms with E-state index in [1.807, 2.05) is 0 Å². The molecule has 0 N–H and O–H groups in total. The zero-order chi connectivity index (χ0) is 18.3. The Labute approximate surface area is 142 Å². The number of nitro groups is 1. The van der Waals surface area contributed by atoms with E-state index in [9.17, 15) is 25.0 Å². The second-order valence-electron chi connectivity index (χ2n) is 4.84. The molecular formula is C17H11N2O6. The molecule has 25 heavy (non-hydrogen) atoms. The van der Waals surface area contributed by atoms with Crippen LogP contribution in [0.25, 0.3) is 0 Å². The minimum Gasteiger partial charge on any atom is -0.457 e. The van der Waals surface area contributed by atoms with E-state index in [4.69, 9.17) is 4.74 Å². The van der Waals surface area contributed by atoms with Gasteiger partial charge in [0.2, 0.25) is 0 Å². The van der Waals surface area contributed by atoms with Gasteiger partial charge in [0.05, 0.1) is 4.92 Å². The minimum absolute atomic E-state index is 0.107. The first-order valence-electron chi connectivity index (χ1n) is 6.96. The van der Waals surface area contributed by atoms with Gasteiger partial charge >= 0.3 is 18.0 Å². The molecule has 0 fully saturated rings. The average Bonchev–Trinajstić information content (AvgIpc) is 2.65. The number of nitrogens with zero attached hydrogens (tertiary/aromatic N) is 2. The van der Waals surface area contributed by atoms with Crippen LogP contribution in [0, 0.1) is 21.4 Å². The van der Waals surface area contributed by atoms with Crippen molar-refractivity contribution >= 4 is 18.1 Å². The Bertz CT molecular complexity index is 813. The maximum absolute atomic E-state index is 12.4. The number of nitro benzene ring substituents is 1. The van der Waals surface area contributed by atoms with Crippen molar-refractivity contribution in [3.63, 3.8) is 0 Å². The highest BCUT2D eigenvalue weighted by atomic mass is 16.6. The zero-order valence-electron chi connectivity index (χ0n) is 12.7. The van der Waals surface area contributed by atoms with Crippen LogP contribution in [0.4, 0.5) is 5.69 Å². The van der Waals surface area contributed by atoms with Gasteiger partial charge in [-0.2, -0.15) is 5.26 Å². The summed E-state index contributed by atoms with van der Waals surface area (Å²) in [5, 5.41) is 20.0. The van der Waals surface area contributed by atoms with Crippen LogP contribution in [0.5, 0.6) is 0 Å². The SMILES string of the molecule is N#CC(O[C]=O)(C(=O)OCc1ccc([N+](=O)[O-])cc1)c1ccccc1. The second-order valence-corrected chi connectivity index (χ2v) is 4.84. The number of rotatable bonds is 7. The van der Waals surface area contributed by atoms with Crippen LogP contribution in [0.2, 0.25) is 0 Å². The van der Waals surface area contributed by atoms with Crippen LogP contribution in [0.15, 0.2) is 54.6 Å². The van der Waals surface area contributed by atoms with Crippen molar-refractivity contribution in [2.75, 3.05) is 0 Å². The fourth-order valence-electron chi connectivity index (χ4n) is 2.05. The molecule has 0 amide bonds. The summed E-state index contributed by atoms with van der Waals surface area (Å²) in [6.07, 6.45) is 0. The van der Waals surface area contributed by atoms with E-state index in [2.05, 4.69) is 4.74 Å². The van der Waals surface area contributed by atoms with Gasteiger partial charge in [-0.1, -0.05) is 30.3 Å². The summed E-state index contributed by atoms with van der Waals surface area (Å²) in [5.41, 5.74) is -1.79. The minimum atomic E-state index is -2.27. The van der Waals surface area contributed by atoms with Crippen LogP contribution in [0.3, 0.4) is 0 Å². The third-order valence-electron chi connectivity index (χ3n) is 3.34. The maximum Gasteiger partial charge on any atom is 0.419 e. The van der Waals surface area contributed by atoms with Gasteiger partial charge in [-0.3, -0.25) is 10.1 Å². The molecule has 0 saturated heterocycles. The summed E-state index contributed by atoms with van der Waals surface area (Å²) in [4.78, 5) is 33.1. The summed E-state index contributed by atoms with van der Waals surface area (Å²) in [5.74, 6) is -1.09. The van der Waals surface area contributed by atoms with Gasteiger partial charge in [0.25, 0.3) is 5.69 Å². The molecular weight excluding hydrogens is 328 g/mol. The van der Waals surface area contributed by atoms with Crippen molar-refractivity contribution < 1.29 is 24.0 Å². The van der Waals surface area contributed by atoms with Crippen LogP contribution < -0.4 is 0 Å². The second kappa shape index (κ2) is 7.70. The van der Waals surface area contributed by atoms with Gasteiger partial charge in [-0.05, 0) is 17.7 Å². The first kappa shape index (κ1) is 17.6. The number of non-ortho nitro benzene ring substituents is 1. The molecule has 8 nitrogen and oxygen atoms in total. The highest BCUT2D eigenvalue weighted by Gasteiger charge is 2.45. The van der Waals surface area contributed by atoms with Crippen molar-refractivity contribution in [1.29, 1.82) is 5.26 Å². The first-order valence-corrected chi connectivity index (χ1v) is 6.96. The Balaban J connectivity index is 2.19. The molecule has 0 aliphatic rings. The number of carbonyl (C=O) groups excluding carboxylic acids is 2. The fraction of sp³-hybridized carbons (Fsp3) is 0.118. The number of hydrogen-bond acceptors (Lipinski definition) is 7. The summed E-state index contributed by atoms with van der Waals surface area (Å²) in [6, 6.07) is 14.7. The maximum atomic E-state index is 12.4. The lowest BCUT2D eigenvalue weighted by Gasteiger charge is -2.22. The summed E-state index contributed by atoms with van der Waals surface area (Å²) in [6.45, 7) is 0.854. The molecule has 2 aromatic carbocycles. The lowest BCUT2D eigenvalue weighted by atomic mass is 9.95. The lowest BCUT2D eigenvalue weighted by Crippen LogP contribution is -2.38. The first-order chi connectivity index (χ1) is 12.0. The Morgan fingerprint density at radius 3 is 2.32 bits per heavy atom. The number of carbonyl (C=O) groups is 1. The number of benzene rings is 2. The van der Waals surface area contributed by atoms with Gasteiger partial charge < -0.3 is 9.47 Å². The van der Waals surface area contributed by atoms with Crippen LogP contribution in [-0.4, -0.2) is 17.4 Å². The Hall–Kier alpha value is -3.73. The fourth-order valence-corrected chi connectivity index (χ4v) is 2.05. The largest absolute Gasteiger partial charge is 0.457 e. The van der Waals surface area contributed by atoms with E-state index >= 15 is 0 Å². The van der Waals surface area contributed by atoms with E-state index < -0.39 is 16.5 Å². The Morgan fingerprint density at radius 2 is 1.80 bits per heavy atom. The van der Waals surface area contributed by atoms with Gasteiger partial charge in [0.1, 0.15) is 12.7 Å². The van der Waals surface area contributed by atoms with Gasteiger partial charge in [-0.15, -0.1) is 0 Å². The van der Waals surface area contributed by atoms with E-state index in [1.165, 1.54) is 36.4 Å². The molecule has 0 bridgehead atoms. The third kappa shape index (κ3) is 3.79. The molecule has 0 heterocycles. The summed E-state index contributed by atoms with van der Waals surface area (Å²) >= 11 is 0. The van der Waals surface area contributed by atoms with Gasteiger partial charge in [0.15, 0.2) is 0 Å². The van der Waals surface area contributed by atoms with Crippen LogP contribution in [0.1, 0.15) is 11.1 Å². The Morgan fingerprint density at radius 1 is 1.16 bits per heavy atom. The quantitative estimate of drug-likeness (QED) is 0.430. The topological polar surface area (TPSA) is 120 Å². The van der Waals surface area contributed by atoms with Crippen molar-refractivity contribution in [2.45, 2.75) is 12.2 Å². The number of esters is 1. The molecule has 2 rings (SSSR count). The standard InChI is InChI=1S/C17H11N2O6/c18-11-17(25-12-20,14-4-2-1-3-5-14)16(21)24-10-13-6-8-15(9-7-13)19(22)23/h1-9H,10H2. The highest BCUT2D eigenvalue weighted by Crippen LogP contribution is 2.27. The van der Waals surface area contributed by atoms with E-state index in [-0.39, 0.29) is 17.9 Å². The third-order valence-corrected chi connectivity index (χ3v) is 3.34. The van der Waals surface area contributed by atoms with Crippen molar-refractivity contribution in [3.05, 3.63) is 75.8 Å². The molecule has 1 atom stereocenters. The molecule has 0 saturated carbocycles. The summed E-state index contributed by atoms with van der Waals surface area (Å²) < 4.78 is 9.69. The zero-order valence-corrected chi connectivity index (χ0v) is 12.7. The van der Waals surface area contributed by atoms with Crippen molar-refractivity contribution in [3.8, 4) is 6.07 Å². The predicted octanol–water partition coefficient (Wildman–Crippen LogP) is 2.14. The van der Waals surface area contributed by atoms with Gasteiger partial charge in [-0.25, -0.2) is 9.59 Å². The van der Waals surface area contributed by atoms with E-state index in [0.717, 1.165) is 6.47 Å². The molecule has 125 valence electrons. The highest BCUT2D eigenvalue weighted by molar-refractivity contribution is 5.86. The van der Waals surface area contributed by atoms with E-state index in [0.29, 0.717) is 5.56 Å². The molecule has 1 radical (unpaired) electrons. The van der Waals surface area contributed by atoms with Crippen molar-refractivity contribution in [1.82, 2.24) is 0 Å². The molecule has 1 unspecified atom stereocenters. The van der Waals surface area contributed by atoms with E-state index in [1.54, 1.807) is 24.3 Å². The smallest absolute Gasteiger partial charge is 0.419 e. The molecule has 8 heteroatoms.